The second-order valence-corrected chi connectivity index (χ2v) is 4.41. The fourth-order valence-corrected chi connectivity index (χ4v) is 1.80. The quantitative estimate of drug-likeness (QED) is 0.905. The number of hydrogen-bond donors (Lipinski definition) is 2. The lowest BCUT2D eigenvalue weighted by Crippen LogP contribution is -2.26. The van der Waals surface area contributed by atoms with Gasteiger partial charge in [-0.25, -0.2) is 8.78 Å². The molecule has 0 aromatic heterocycles. The summed E-state index contributed by atoms with van der Waals surface area (Å²) in [6, 6.07) is 8.42. The number of carbonyl (C=O) groups is 1. The number of benzene rings is 2. The van der Waals surface area contributed by atoms with Crippen molar-refractivity contribution in [3.8, 4) is 5.75 Å². The Morgan fingerprint density at radius 1 is 1.10 bits per heavy atom. The molecular weight excluding hydrogens is 264 g/mol. The Morgan fingerprint density at radius 3 is 2.35 bits per heavy atom. The highest BCUT2D eigenvalue weighted by Gasteiger charge is 2.15. The van der Waals surface area contributed by atoms with Gasteiger partial charge in [0.15, 0.2) is 0 Å². The summed E-state index contributed by atoms with van der Waals surface area (Å²) in [5.74, 6) is -1.87. The third kappa shape index (κ3) is 3.12. The van der Waals surface area contributed by atoms with Crippen molar-refractivity contribution in [2.24, 2.45) is 0 Å². The topological polar surface area (TPSA) is 49.3 Å². The Hall–Kier alpha value is -2.43. The van der Waals surface area contributed by atoms with Crippen LogP contribution in [0.5, 0.6) is 5.75 Å². The van der Waals surface area contributed by atoms with E-state index >= 15 is 0 Å². The molecule has 104 valence electrons. The second kappa shape index (κ2) is 5.69. The predicted molar refractivity (Wildman–Crippen MR) is 70.3 cm³/mol. The number of phenolic OH excluding ortho intramolecular Hbond substituents is 1. The first-order valence-electron chi connectivity index (χ1n) is 6.02. The lowest BCUT2D eigenvalue weighted by atomic mass is 10.1. The van der Waals surface area contributed by atoms with Crippen molar-refractivity contribution in [2.45, 2.75) is 13.0 Å². The molecule has 0 spiro atoms. The molecule has 0 aliphatic heterocycles. The molecule has 2 aromatic rings. The van der Waals surface area contributed by atoms with Crippen LogP contribution in [-0.2, 0) is 0 Å². The van der Waals surface area contributed by atoms with E-state index in [0.29, 0.717) is 5.56 Å². The van der Waals surface area contributed by atoms with Crippen LogP contribution in [0.15, 0.2) is 42.5 Å². The maximum atomic E-state index is 13.1. The number of amides is 1. The summed E-state index contributed by atoms with van der Waals surface area (Å²) in [6.45, 7) is 1.71. The highest BCUT2D eigenvalue weighted by atomic mass is 19.1. The number of halogens is 2. The smallest absolute Gasteiger partial charge is 0.255 e. The molecule has 5 heteroatoms. The van der Waals surface area contributed by atoms with Crippen molar-refractivity contribution in [2.75, 3.05) is 0 Å². The van der Waals surface area contributed by atoms with Crippen LogP contribution in [0.4, 0.5) is 8.78 Å². The summed E-state index contributed by atoms with van der Waals surface area (Å²) < 4.78 is 25.9. The van der Waals surface area contributed by atoms with Crippen LogP contribution < -0.4 is 5.32 Å². The van der Waals surface area contributed by atoms with E-state index in [2.05, 4.69) is 5.32 Å². The lowest BCUT2D eigenvalue weighted by molar-refractivity contribution is 0.0936. The van der Waals surface area contributed by atoms with Gasteiger partial charge in [-0.3, -0.25) is 4.79 Å². The first-order valence-corrected chi connectivity index (χ1v) is 6.02. The normalized spacial score (nSPS) is 11.9. The Balaban J connectivity index is 2.15. The zero-order valence-corrected chi connectivity index (χ0v) is 10.7. The third-order valence-electron chi connectivity index (χ3n) is 2.92. The van der Waals surface area contributed by atoms with Gasteiger partial charge in [0.05, 0.1) is 11.6 Å². The van der Waals surface area contributed by atoms with E-state index in [1.807, 2.05) is 0 Å². The van der Waals surface area contributed by atoms with E-state index in [1.165, 1.54) is 12.1 Å². The van der Waals surface area contributed by atoms with E-state index in [9.17, 15) is 18.7 Å². The monoisotopic (exact) mass is 277 g/mol. The minimum absolute atomic E-state index is 0.140. The van der Waals surface area contributed by atoms with E-state index in [1.54, 1.807) is 19.1 Å². The number of rotatable bonds is 3. The molecule has 0 radical (unpaired) electrons. The molecule has 20 heavy (non-hydrogen) atoms. The van der Waals surface area contributed by atoms with E-state index < -0.39 is 17.8 Å². The molecule has 0 heterocycles. The van der Waals surface area contributed by atoms with Gasteiger partial charge in [0.1, 0.15) is 17.4 Å². The van der Waals surface area contributed by atoms with Crippen molar-refractivity contribution in [3.63, 3.8) is 0 Å². The van der Waals surface area contributed by atoms with Crippen LogP contribution in [0.25, 0.3) is 0 Å². The molecule has 0 aliphatic rings. The van der Waals surface area contributed by atoms with Crippen molar-refractivity contribution in [1.29, 1.82) is 0 Å². The molecule has 2 N–H and O–H groups in total. The Kier molecular flexibility index (Phi) is 3.98. The van der Waals surface area contributed by atoms with Gasteiger partial charge in [-0.05, 0) is 42.8 Å². The summed E-state index contributed by atoms with van der Waals surface area (Å²) in [5, 5.41) is 12.2. The average Bonchev–Trinajstić information content (AvgIpc) is 2.42. The van der Waals surface area contributed by atoms with Gasteiger partial charge < -0.3 is 10.4 Å². The molecule has 0 bridgehead atoms. The van der Waals surface area contributed by atoms with Crippen molar-refractivity contribution >= 4 is 5.91 Å². The molecule has 0 saturated carbocycles. The van der Waals surface area contributed by atoms with Gasteiger partial charge in [-0.15, -0.1) is 0 Å². The molecule has 0 fully saturated rings. The second-order valence-electron chi connectivity index (χ2n) is 4.41. The Labute approximate surface area is 114 Å². The minimum atomic E-state index is -0.609. The van der Waals surface area contributed by atoms with E-state index in [0.717, 1.165) is 18.2 Å². The number of aromatic hydroxyl groups is 1. The summed E-state index contributed by atoms with van der Waals surface area (Å²) >= 11 is 0. The van der Waals surface area contributed by atoms with Crippen molar-refractivity contribution in [1.82, 2.24) is 5.32 Å². The fourth-order valence-electron chi connectivity index (χ4n) is 1.80. The Morgan fingerprint density at radius 2 is 1.70 bits per heavy atom. The molecule has 3 nitrogen and oxygen atoms in total. The van der Waals surface area contributed by atoms with Crippen molar-refractivity contribution < 1.29 is 18.7 Å². The summed E-state index contributed by atoms with van der Waals surface area (Å²) in [6.07, 6.45) is 0. The van der Waals surface area contributed by atoms with Gasteiger partial charge in [0, 0.05) is 0 Å². The number of hydrogen-bond acceptors (Lipinski definition) is 2. The minimum Gasteiger partial charge on any atom is -0.507 e. The lowest BCUT2D eigenvalue weighted by Gasteiger charge is -2.15. The van der Waals surface area contributed by atoms with E-state index in [4.69, 9.17) is 0 Å². The molecule has 2 aromatic carbocycles. The average molecular weight is 277 g/mol. The third-order valence-corrected chi connectivity index (χ3v) is 2.92. The van der Waals surface area contributed by atoms with Gasteiger partial charge >= 0.3 is 0 Å². The maximum Gasteiger partial charge on any atom is 0.255 e. The van der Waals surface area contributed by atoms with Crippen molar-refractivity contribution in [3.05, 3.63) is 65.2 Å². The van der Waals surface area contributed by atoms with Gasteiger partial charge in [-0.2, -0.15) is 0 Å². The van der Waals surface area contributed by atoms with Crippen LogP contribution in [0.3, 0.4) is 0 Å². The zero-order chi connectivity index (χ0) is 14.7. The Bertz CT molecular complexity index is 626. The van der Waals surface area contributed by atoms with Gasteiger partial charge in [-0.1, -0.05) is 12.1 Å². The summed E-state index contributed by atoms with van der Waals surface area (Å²) in [5.41, 5.74) is 0.564. The molecule has 2 rings (SSSR count). The largest absolute Gasteiger partial charge is 0.507 e. The molecule has 0 saturated heterocycles. The zero-order valence-electron chi connectivity index (χ0n) is 10.7. The maximum absolute atomic E-state index is 13.1. The summed E-state index contributed by atoms with van der Waals surface area (Å²) in [7, 11) is 0. The molecule has 1 amide bonds. The van der Waals surface area contributed by atoms with Crippen LogP contribution in [0, 0.1) is 11.6 Å². The van der Waals surface area contributed by atoms with E-state index in [-0.39, 0.29) is 17.1 Å². The van der Waals surface area contributed by atoms with Gasteiger partial charge in [0.25, 0.3) is 5.91 Å². The highest BCUT2D eigenvalue weighted by Crippen LogP contribution is 2.20. The molecule has 1 unspecified atom stereocenters. The predicted octanol–water partition coefficient (Wildman–Crippen LogP) is 3.16. The highest BCUT2D eigenvalue weighted by molar-refractivity contribution is 5.97. The number of phenols is 1. The summed E-state index contributed by atoms with van der Waals surface area (Å²) in [4.78, 5) is 12.0. The van der Waals surface area contributed by atoms with Gasteiger partial charge in [0.2, 0.25) is 0 Å². The molecule has 1 atom stereocenters. The van der Waals surface area contributed by atoms with Crippen LogP contribution in [0.2, 0.25) is 0 Å². The molecular formula is C15H13F2NO2. The van der Waals surface area contributed by atoms with Crippen LogP contribution in [0.1, 0.15) is 28.9 Å². The fraction of sp³-hybridized carbons (Fsp3) is 0.133. The number of carbonyl (C=O) groups excluding carboxylic acids is 1. The van der Waals surface area contributed by atoms with Crippen LogP contribution >= 0.6 is 0 Å². The standard InChI is InChI=1S/C15H13F2NO2/c1-9(10-2-4-11(16)5-3-10)18-15(20)13-8-12(17)6-7-14(13)19/h2-9,19H,1H3,(H,18,20). The number of nitrogens with one attached hydrogen (secondary N) is 1. The first-order chi connectivity index (χ1) is 9.47. The van der Waals surface area contributed by atoms with Crippen LogP contribution in [-0.4, -0.2) is 11.0 Å². The first kappa shape index (κ1) is 14.0. The SMILES string of the molecule is CC(NC(=O)c1cc(F)ccc1O)c1ccc(F)cc1. The molecule has 0 aliphatic carbocycles.